The first-order chi connectivity index (χ1) is 14.7. The Morgan fingerprint density at radius 3 is 2.03 bits per heavy atom. The average Bonchev–Trinajstić information content (AvgIpc) is 3.30. The van der Waals surface area contributed by atoms with E-state index in [-0.39, 0.29) is 12.2 Å². The van der Waals surface area contributed by atoms with Crippen molar-refractivity contribution >= 4 is 0 Å². The third-order valence-electron chi connectivity index (χ3n) is 5.55. The molecule has 1 unspecified atom stereocenters. The minimum atomic E-state index is -0.690. The Bertz CT molecular complexity index is 807. The van der Waals surface area contributed by atoms with E-state index in [1.54, 1.807) is 21.3 Å². The molecule has 2 aromatic carbocycles. The summed E-state index contributed by atoms with van der Waals surface area (Å²) in [5.74, 6) is 1.63. The Hall–Kier alpha value is -2.16. The second-order valence-corrected chi connectivity index (χ2v) is 7.48. The smallest absolute Gasteiger partial charge is 0.187 e. The highest BCUT2D eigenvalue weighted by Crippen LogP contribution is 2.43. The van der Waals surface area contributed by atoms with Crippen LogP contribution >= 0.6 is 0 Å². The van der Waals surface area contributed by atoms with Crippen LogP contribution < -0.4 is 9.47 Å². The Morgan fingerprint density at radius 2 is 1.47 bits per heavy atom. The van der Waals surface area contributed by atoms with Crippen molar-refractivity contribution < 1.29 is 33.2 Å². The molecule has 0 amide bonds. The van der Waals surface area contributed by atoms with Crippen LogP contribution in [-0.4, -0.2) is 58.6 Å². The van der Waals surface area contributed by atoms with Gasteiger partial charge in [0.1, 0.15) is 29.3 Å². The van der Waals surface area contributed by atoms with E-state index in [9.17, 15) is 0 Å². The van der Waals surface area contributed by atoms with E-state index >= 15 is 0 Å². The summed E-state index contributed by atoms with van der Waals surface area (Å²) in [6.45, 7) is 1.66. The molecule has 2 fully saturated rings. The van der Waals surface area contributed by atoms with Crippen LogP contribution in [0.2, 0.25) is 0 Å². The molecule has 162 valence electrons. The molecule has 0 saturated carbocycles. The molecule has 4 atom stereocenters. The second kappa shape index (κ2) is 9.32. The van der Waals surface area contributed by atoms with E-state index in [1.165, 1.54) is 0 Å². The molecule has 0 spiro atoms. The van der Waals surface area contributed by atoms with E-state index in [0.717, 1.165) is 22.6 Å². The third-order valence-corrected chi connectivity index (χ3v) is 5.55. The van der Waals surface area contributed by atoms with E-state index in [4.69, 9.17) is 33.2 Å². The lowest BCUT2D eigenvalue weighted by molar-refractivity contribution is -0.246. The minimum absolute atomic E-state index is 0.277. The fraction of sp³-hybridized carbons (Fsp3) is 0.478. The summed E-state index contributed by atoms with van der Waals surface area (Å²) in [5, 5.41) is 0. The standard InChI is InChI=1S/C23H28O7/c1-24-18-8-4-16(5-9-18)12-27-14-23-15-29-20(22(26-3)30-23)21(23)28-13-17-6-10-19(25-2)11-7-17/h4-11,20-22H,12-15H2,1-3H3/t20-,21+,22?,23+/m1/s1. The molecule has 0 aliphatic carbocycles. The highest BCUT2D eigenvalue weighted by molar-refractivity contribution is 5.27. The van der Waals surface area contributed by atoms with Gasteiger partial charge >= 0.3 is 0 Å². The number of fused-ring (bicyclic) bond motifs is 2. The largest absolute Gasteiger partial charge is 0.497 e. The fourth-order valence-electron chi connectivity index (χ4n) is 3.88. The normalized spacial score (nSPS) is 27.4. The Balaban J connectivity index is 1.38. The molecule has 0 radical (unpaired) electrons. The van der Waals surface area contributed by atoms with Crippen LogP contribution in [0.15, 0.2) is 48.5 Å². The minimum Gasteiger partial charge on any atom is -0.497 e. The van der Waals surface area contributed by atoms with Gasteiger partial charge in [0.05, 0.1) is 40.6 Å². The van der Waals surface area contributed by atoms with Crippen LogP contribution in [0.3, 0.4) is 0 Å². The van der Waals surface area contributed by atoms with E-state index in [2.05, 4.69) is 0 Å². The number of methoxy groups -OCH3 is 3. The molecule has 2 bridgehead atoms. The first-order valence-corrected chi connectivity index (χ1v) is 9.95. The van der Waals surface area contributed by atoms with Crippen molar-refractivity contribution in [1.29, 1.82) is 0 Å². The van der Waals surface area contributed by atoms with Gasteiger partial charge in [-0.25, -0.2) is 0 Å². The van der Waals surface area contributed by atoms with Crippen molar-refractivity contribution in [2.45, 2.75) is 37.3 Å². The molecule has 4 rings (SSSR count). The summed E-state index contributed by atoms with van der Waals surface area (Å²) < 4.78 is 40.2. The molecular formula is C23H28O7. The number of benzene rings is 2. The van der Waals surface area contributed by atoms with Gasteiger partial charge in [0, 0.05) is 7.11 Å². The first-order valence-electron chi connectivity index (χ1n) is 9.95. The zero-order valence-corrected chi connectivity index (χ0v) is 17.5. The SMILES string of the molecule is COc1ccc(COC[C@@]23CO[C@@H](C(OC)O2)[C@@H]3OCc2ccc(OC)cc2)cc1. The molecule has 2 aliphatic heterocycles. The monoisotopic (exact) mass is 416 g/mol. The van der Waals surface area contributed by atoms with Gasteiger partial charge in [0.2, 0.25) is 0 Å². The van der Waals surface area contributed by atoms with Gasteiger partial charge in [-0.3, -0.25) is 0 Å². The van der Waals surface area contributed by atoms with E-state index < -0.39 is 11.9 Å². The van der Waals surface area contributed by atoms with Crippen molar-refractivity contribution in [3.63, 3.8) is 0 Å². The van der Waals surface area contributed by atoms with E-state index in [1.807, 2.05) is 48.5 Å². The lowest BCUT2D eigenvalue weighted by Crippen LogP contribution is -2.46. The van der Waals surface area contributed by atoms with Crippen molar-refractivity contribution in [3.8, 4) is 11.5 Å². The summed E-state index contributed by atoms with van der Waals surface area (Å²) in [4.78, 5) is 0. The molecule has 2 heterocycles. The van der Waals surface area contributed by atoms with Gasteiger partial charge in [-0.1, -0.05) is 24.3 Å². The predicted molar refractivity (Wildman–Crippen MR) is 109 cm³/mol. The lowest BCUT2D eigenvalue weighted by Gasteiger charge is -2.30. The molecule has 2 aromatic rings. The van der Waals surface area contributed by atoms with Crippen LogP contribution in [0.4, 0.5) is 0 Å². The van der Waals surface area contributed by atoms with Crippen LogP contribution in [0.5, 0.6) is 11.5 Å². The maximum Gasteiger partial charge on any atom is 0.187 e. The number of ether oxygens (including phenoxy) is 7. The van der Waals surface area contributed by atoms with Crippen molar-refractivity contribution in [2.24, 2.45) is 0 Å². The number of hydrogen-bond acceptors (Lipinski definition) is 7. The summed E-state index contributed by atoms with van der Waals surface area (Å²) in [7, 11) is 4.91. The molecule has 0 N–H and O–H groups in total. The molecule has 2 aliphatic rings. The molecule has 7 heteroatoms. The van der Waals surface area contributed by atoms with E-state index in [0.29, 0.717) is 26.4 Å². The number of rotatable bonds is 10. The maximum atomic E-state index is 6.25. The molecule has 2 saturated heterocycles. The first kappa shape index (κ1) is 21.1. The van der Waals surface area contributed by atoms with Crippen LogP contribution in [0.1, 0.15) is 11.1 Å². The summed E-state index contributed by atoms with van der Waals surface area (Å²) in [5.41, 5.74) is 1.41. The van der Waals surface area contributed by atoms with Gasteiger partial charge in [0.25, 0.3) is 0 Å². The third kappa shape index (κ3) is 4.31. The highest BCUT2D eigenvalue weighted by Gasteiger charge is 2.63. The topological polar surface area (TPSA) is 64.6 Å². The summed E-state index contributed by atoms with van der Waals surface area (Å²) in [6, 6.07) is 15.6. The Labute approximate surface area is 176 Å². The van der Waals surface area contributed by atoms with Gasteiger partial charge in [-0.15, -0.1) is 0 Å². The number of hydrogen-bond donors (Lipinski definition) is 0. The van der Waals surface area contributed by atoms with Gasteiger partial charge in [-0.05, 0) is 35.4 Å². The van der Waals surface area contributed by atoms with Crippen molar-refractivity contribution in [3.05, 3.63) is 59.7 Å². The van der Waals surface area contributed by atoms with Crippen LogP contribution in [0.25, 0.3) is 0 Å². The highest BCUT2D eigenvalue weighted by atomic mass is 16.8. The zero-order valence-electron chi connectivity index (χ0n) is 17.5. The molecule has 0 aromatic heterocycles. The van der Waals surface area contributed by atoms with Gasteiger partial charge in [-0.2, -0.15) is 0 Å². The predicted octanol–water partition coefficient (Wildman–Crippen LogP) is 2.95. The maximum absolute atomic E-state index is 6.25. The molecule has 7 nitrogen and oxygen atoms in total. The van der Waals surface area contributed by atoms with Crippen molar-refractivity contribution in [2.75, 3.05) is 34.5 Å². The Morgan fingerprint density at radius 1 is 0.867 bits per heavy atom. The zero-order chi connectivity index (χ0) is 21.0. The second-order valence-electron chi connectivity index (χ2n) is 7.48. The average molecular weight is 416 g/mol. The fourth-order valence-corrected chi connectivity index (χ4v) is 3.88. The van der Waals surface area contributed by atoms with Crippen LogP contribution in [-0.2, 0) is 36.9 Å². The van der Waals surface area contributed by atoms with Crippen LogP contribution in [0, 0.1) is 0 Å². The quantitative estimate of drug-likeness (QED) is 0.590. The lowest BCUT2D eigenvalue weighted by atomic mass is 10.00. The summed E-state index contributed by atoms with van der Waals surface area (Å²) >= 11 is 0. The van der Waals surface area contributed by atoms with Gasteiger partial charge in [0.15, 0.2) is 6.29 Å². The molecule has 30 heavy (non-hydrogen) atoms. The van der Waals surface area contributed by atoms with Gasteiger partial charge < -0.3 is 33.2 Å². The van der Waals surface area contributed by atoms with Crippen molar-refractivity contribution in [1.82, 2.24) is 0 Å². The molecular weight excluding hydrogens is 388 g/mol. The Kier molecular flexibility index (Phi) is 6.55. The summed E-state index contributed by atoms with van der Waals surface area (Å²) in [6.07, 6.45) is -1.03.